The van der Waals surface area contributed by atoms with Crippen LogP contribution in [-0.2, 0) is 11.3 Å². The van der Waals surface area contributed by atoms with Gasteiger partial charge in [-0.1, -0.05) is 36.0 Å². The number of carbonyl (C=O) groups excluding carboxylic acids is 2. The van der Waals surface area contributed by atoms with Crippen molar-refractivity contribution in [2.45, 2.75) is 37.5 Å². The Hall–Kier alpha value is -3.59. The van der Waals surface area contributed by atoms with Gasteiger partial charge in [0.2, 0.25) is 5.91 Å². The van der Waals surface area contributed by atoms with Crippen molar-refractivity contribution in [1.82, 2.24) is 19.7 Å². The Morgan fingerprint density at radius 1 is 1.20 bits per heavy atom. The van der Waals surface area contributed by atoms with E-state index in [0.717, 1.165) is 30.0 Å². The summed E-state index contributed by atoms with van der Waals surface area (Å²) in [4.78, 5) is 27.7. The molecule has 1 unspecified atom stereocenters. The second-order valence-corrected chi connectivity index (χ2v) is 9.22. The fraction of sp³-hybridized carbons (Fsp3) is 0.308. The minimum Gasteiger partial charge on any atom is -0.497 e. The van der Waals surface area contributed by atoms with Crippen LogP contribution in [0.2, 0.25) is 0 Å². The number of aromatic nitrogens is 3. The van der Waals surface area contributed by atoms with E-state index in [2.05, 4.69) is 22.1 Å². The minimum absolute atomic E-state index is 0.00632. The average Bonchev–Trinajstić information content (AvgIpc) is 3.50. The molecular formula is C26H29N5O3S. The second-order valence-electron chi connectivity index (χ2n) is 8.28. The van der Waals surface area contributed by atoms with Crippen LogP contribution in [0, 0.1) is 6.92 Å². The van der Waals surface area contributed by atoms with E-state index >= 15 is 0 Å². The molecule has 9 heteroatoms. The van der Waals surface area contributed by atoms with E-state index in [4.69, 9.17) is 4.74 Å². The van der Waals surface area contributed by atoms with Gasteiger partial charge in [-0.15, -0.1) is 16.8 Å². The van der Waals surface area contributed by atoms with Crippen LogP contribution in [0.5, 0.6) is 5.75 Å². The lowest BCUT2D eigenvalue weighted by Crippen LogP contribution is -2.32. The van der Waals surface area contributed by atoms with E-state index in [1.54, 1.807) is 37.5 Å². The summed E-state index contributed by atoms with van der Waals surface area (Å²) in [5.41, 5.74) is 2.36. The number of ether oxygens (including phenoxy) is 1. The summed E-state index contributed by atoms with van der Waals surface area (Å²) in [6.07, 6.45) is 3.49. The van der Waals surface area contributed by atoms with E-state index in [1.807, 2.05) is 40.7 Å². The molecule has 182 valence electrons. The SMILES string of the molecule is C=CCn1c(SCC(=O)Nc2ccc(OC)cc2)nnc1C1CCCN1C(=O)c1ccccc1C. The zero-order valence-electron chi connectivity index (χ0n) is 19.9. The molecule has 35 heavy (non-hydrogen) atoms. The molecule has 1 fully saturated rings. The first-order valence-corrected chi connectivity index (χ1v) is 12.5. The molecule has 4 rings (SSSR count). The molecule has 1 saturated heterocycles. The van der Waals surface area contributed by atoms with Gasteiger partial charge in [0.1, 0.15) is 5.75 Å². The lowest BCUT2D eigenvalue weighted by atomic mass is 10.1. The van der Waals surface area contributed by atoms with Crippen molar-refractivity contribution in [2.75, 3.05) is 24.7 Å². The van der Waals surface area contributed by atoms with E-state index in [0.29, 0.717) is 29.5 Å². The Bertz CT molecular complexity index is 1210. The first-order valence-electron chi connectivity index (χ1n) is 11.5. The lowest BCUT2D eigenvalue weighted by molar-refractivity contribution is -0.113. The number of hydrogen-bond acceptors (Lipinski definition) is 6. The van der Waals surface area contributed by atoms with Crippen molar-refractivity contribution in [2.24, 2.45) is 0 Å². The number of aryl methyl sites for hydroxylation is 1. The van der Waals surface area contributed by atoms with Crippen LogP contribution in [0.25, 0.3) is 0 Å². The van der Waals surface area contributed by atoms with Gasteiger partial charge >= 0.3 is 0 Å². The first-order chi connectivity index (χ1) is 17.0. The van der Waals surface area contributed by atoms with Crippen LogP contribution in [0.4, 0.5) is 5.69 Å². The van der Waals surface area contributed by atoms with Crippen molar-refractivity contribution >= 4 is 29.3 Å². The van der Waals surface area contributed by atoms with E-state index in [1.165, 1.54) is 11.8 Å². The number of rotatable bonds is 9. The van der Waals surface area contributed by atoms with Gasteiger partial charge in [-0.3, -0.25) is 9.59 Å². The number of methoxy groups -OCH3 is 1. The standard InChI is InChI=1S/C26H29N5O3S/c1-4-15-31-24(22-10-7-16-30(22)25(33)21-9-6-5-8-18(21)2)28-29-26(31)35-17-23(32)27-19-11-13-20(34-3)14-12-19/h4-6,8-9,11-14,22H,1,7,10,15-17H2,2-3H3,(H,27,32). The number of thioether (sulfide) groups is 1. The van der Waals surface area contributed by atoms with E-state index < -0.39 is 0 Å². The van der Waals surface area contributed by atoms with Crippen LogP contribution in [-0.4, -0.2) is 50.9 Å². The predicted octanol–water partition coefficient (Wildman–Crippen LogP) is 4.49. The third kappa shape index (κ3) is 5.57. The molecule has 1 aliphatic rings. The molecule has 1 aliphatic heterocycles. The number of nitrogens with zero attached hydrogens (tertiary/aromatic N) is 4. The first kappa shape index (κ1) is 24.5. The van der Waals surface area contributed by atoms with Crippen LogP contribution >= 0.6 is 11.8 Å². The number of hydrogen-bond donors (Lipinski definition) is 1. The Morgan fingerprint density at radius 2 is 1.97 bits per heavy atom. The van der Waals surface area contributed by atoms with E-state index in [9.17, 15) is 9.59 Å². The summed E-state index contributed by atoms with van der Waals surface area (Å²) in [5, 5.41) is 12.3. The van der Waals surface area contributed by atoms with Gasteiger partial charge in [0, 0.05) is 24.3 Å². The van der Waals surface area contributed by atoms with Gasteiger partial charge in [-0.05, 0) is 55.7 Å². The van der Waals surface area contributed by atoms with Gasteiger partial charge in [-0.25, -0.2) is 0 Å². The van der Waals surface area contributed by atoms with Crippen LogP contribution in [0.3, 0.4) is 0 Å². The molecule has 8 nitrogen and oxygen atoms in total. The minimum atomic E-state index is -0.169. The van der Waals surface area contributed by atoms with Crippen molar-refractivity contribution in [3.8, 4) is 5.75 Å². The number of allylic oxidation sites excluding steroid dienone is 1. The summed E-state index contributed by atoms with van der Waals surface area (Å²) in [5.74, 6) is 1.49. The topological polar surface area (TPSA) is 89.3 Å². The van der Waals surface area contributed by atoms with Gasteiger partial charge in [0.15, 0.2) is 11.0 Å². The number of carbonyl (C=O) groups is 2. The largest absolute Gasteiger partial charge is 0.497 e. The van der Waals surface area contributed by atoms with Crippen molar-refractivity contribution in [3.05, 3.63) is 78.1 Å². The van der Waals surface area contributed by atoms with Crippen LogP contribution in [0.15, 0.2) is 66.3 Å². The summed E-state index contributed by atoms with van der Waals surface area (Å²) in [7, 11) is 1.60. The molecule has 0 spiro atoms. The third-order valence-electron chi connectivity index (χ3n) is 5.95. The van der Waals surface area contributed by atoms with Crippen molar-refractivity contribution < 1.29 is 14.3 Å². The van der Waals surface area contributed by atoms with Crippen LogP contribution < -0.4 is 10.1 Å². The summed E-state index contributed by atoms with van der Waals surface area (Å²) >= 11 is 1.31. The van der Waals surface area contributed by atoms with Crippen molar-refractivity contribution in [1.29, 1.82) is 0 Å². The Balaban J connectivity index is 1.47. The van der Waals surface area contributed by atoms with Gasteiger partial charge in [-0.2, -0.15) is 0 Å². The smallest absolute Gasteiger partial charge is 0.254 e. The highest BCUT2D eigenvalue weighted by Crippen LogP contribution is 2.34. The molecule has 1 atom stereocenters. The maximum Gasteiger partial charge on any atom is 0.254 e. The summed E-state index contributed by atoms with van der Waals surface area (Å²) in [6.45, 7) is 6.98. The van der Waals surface area contributed by atoms with Crippen molar-refractivity contribution in [3.63, 3.8) is 0 Å². The Morgan fingerprint density at radius 3 is 2.69 bits per heavy atom. The fourth-order valence-corrected chi connectivity index (χ4v) is 4.96. The predicted molar refractivity (Wildman–Crippen MR) is 137 cm³/mol. The fourth-order valence-electron chi connectivity index (χ4n) is 4.20. The molecule has 0 radical (unpaired) electrons. The summed E-state index contributed by atoms with van der Waals surface area (Å²) in [6, 6.07) is 14.6. The van der Waals surface area contributed by atoms with Gasteiger partial charge < -0.3 is 19.5 Å². The molecule has 1 aromatic heterocycles. The Labute approximate surface area is 209 Å². The zero-order chi connectivity index (χ0) is 24.8. The van der Waals surface area contributed by atoms with Crippen LogP contribution in [0.1, 0.15) is 40.6 Å². The molecule has 0 saturated carbocycles. The normalized spacial score (nSPS) is 15.1. The van der Waals surface area contributed by atoms with E-state index in [-0.39, 0.29) is 23.6 Å². The maximum atomic E-state index is 13.3. The average molecular weight is 492 g/mol. The highest BCUT2D eigenvalue weighted by molar-refractivity contribution is 7.99. The number of likely N-dealkylation sites (tertiary alicyclic amines) is 1. The number of amides is 2. The highest BCUT2D eigenvalue weighted by atomic mass is 32.2. The van der Waals surface area contributed by atoms with Gasteiger partial charge in [0.05, 0.1) is 18.9 Å². The third-order valence-corrected chi connectivity index (χ3v) is 6.92. The quantitative estimate of drug-likeness (QED) is 0.350. The molecule has 0 bridgehead atoms. The molecule has 2 aromatic carbocycles. The summed E-state index contributed by atoms with van der Waals surface area (Å²) < 4.78 is 7.10. The number of benzene rings is 2. The molecule has 3 aromatic rings. The molecule has 2 heterocycles. The van der Waals surface area contributed by atoms with Gasteiger partial charge in [0.25, 0.3) is 5.91 Å². The number of nitrogens with one attached hydrogen (secondary N) is 1. The Kier molecular flexibility index (Phi) is 7.87. The highest BCUT2D eigenvalue weighted by Gasteiger charge is 2.35. The molecule has 1 N–H and O–H groups in total. The second kappa shape index (κ2) is 11.2. The number of anilines is 1. The molecular weight excluding hydrogens is 462 g/mol. The molecule has 2 amide bonds. The molecule has 0 aliphatic carbocycles. The monoisotopic (exact) mass is 491 g/mol. The maximum absolute atomic E-state index is 13.3. The lowest BCUT2D eigenvalue weighted by Gasteiger charge is -2.25. The zero-order valence-corrected chi connectivity index (χ0v) is 20.8.